The van der Waals surface area contributed by atoms with Crippen molar-refractivity contribution in [2.75, 3.05) is 23.9 Å². The van der Waals surface area contributed by atoms with Gasteiger partial charge in [-0.1, -0.05) is 51.1 Å². The highest BCUT2D eigenvalue weighted by atomic mass is 16.5. The molecule has 1 N–H and O–H groups in total. The third kappa shape index (κ3) is 5.33. The van der Waals surface area contributed by atoms with Gasteiger partial charge in [-0.25, -0.2) is 0 Å². The number of amides is 2. The molecule has 0 bridgehead atoms. The maximum Gasteiger partial charge on any atom is 0.226 e. The summed E-state index contributed by atoms with van der Waals surface area (Å²) in [5, 5.41) is 2.85. The number of rotatable bonds is 6. The number of carbonyl (C=O) groups is 2. The van der Waals surface area contributed by atoms with Gasteiger partial charge in [0.1, 0.15) is 5.75 Å². The monoisotopic (exact) mass is 368 g/mol. The van der Waals surface area contributed by atoms with Crippen LogP contribution >= 0.6 is 0 Å². The van der Waals surface area contributed by atoms with E-state index < -0.39 is 0 Å². The summed E-state index contributed by atoms with van der Waals surface area (Å²) in [6.07, 6.45) is 0.191. The Balaban J connectivity index is 2.14. The molecule has 0 unspecified atom stereocenters. The molecule has 0 aliphatic heterocycles. The number of anilines is 2. The predicted octanol–water partition coefficient (Wildman–Crippen LogP) is 4.37. The van der Waals surface area contributed by atoms with Gasteiger partial charge in [0.15, 0.2) is 0 Å². The van der Waals surface area contributed by atoms with Crippen LogP contribution in [0, 0.1) is 0 Å². The molecule has 2 rings (SSSR count). The zero-order valence-electron chi connectivity index (χ0n) is 16.7. The molecular weight excluding hydrogens is 340 g/mol. The van der Waals surface area contributed by atoms with E-state index in [4.69, 9.17) is 4.74 Å². The Hall–Kier alpha value is -2.82. The van der Waals surface area contributed by atoms with Gasteiger partial charge in [0.2, 0.25) is 11.8 Å². The minimum atomic E-state index is -0.168. The number of nitrogens with one attached hydrogen (secondary N) is 1. The Morgan fingerprint density at radius 2 is 1.67 bits per heavy atom. The van der Waals surface area contributed by atoms with Gasteiger partial charge < -0.3 is 15.0 Å². The first-order valence-corrected chi connectivity index (χ1v) is 9.04. The largest absolute Gasteiger partial charge is 0.495 e. The Bertz CT molecular complexity index is 809. The van der Waals surface area contributed by atoms with Crippen molar-refractivity contribution >= 4 is 23.2 Å². The highest BCUT2D eigenvalue weighted by Crippen LogP contribution is 2.32. The fourth-order valence-electron chi connectivity index (χ4n) is 2.96. The van der Waals surface area contributed by atoms with Crippen molar-refractivity contribution in [3.8, 4) is 5.75 Å². The van der Waals surface area contributed by atoms with E-state index in [2.05, 4.69) is 26.1 Å². The van der Waals surface area contributed by atoms with Gasteiger partial charge in [-0.15, -0.1) is 0 Å². The lowest BCUT2D eigenvalue weighted by Gasteiger charge is -2.29. The number of nitrogens with zero attached hydrogens (tertiary/aromatic N) is 1. The van der Waals surface area contributed by atoms with Crippen molar-refractivity contribution < 1.29 is 14.3 Å². The minimum absolute atomic E-state index is 0.0863. The normalized spacial score (nSPS) is 11.0. The number of para-hydroxylation sites is 3. The van der Waals surface area contributed by atoms with Crippen molar-refractivity contribution in [3.63, 3.8) is 0 Å². The molecule has 0 atom stereocenters. The van der Waals surface area contributed by atoms with Crippen LogP contribution in [-0.2, 0) is 15.0 Å². The lowest BCUT2D eigenvalue weighted by molar-refractivity contribution is -0.117. The maximum absolute atomic E-state index is 12.4. The van der Waals surface area contributed by atoms with Crippen LogP contribution in [0.2, 0.25) is 0 Å². The SMILES string of the molecule is COc1ccccc1NC(=O)CCN(C(C)=O)c1ccccc1C(C)(C)C. The van der Waals surface area contributed by atoms with Crippen molar-refractivity contribution in [1.82, 2.24) is 0 Å². The molecule has 0 heterocycles. The highest BCUT2D eigenvalue weighted by molar-refractivity contribution is 5.96. The van der Waals surface area contributed by atoms with E-state index in [0.29, 0.717) is 18.0 Å². The van der Waals surface area contributed by atoms with Crippen molar-refractivity contribution in [1.29, 1.82) is 0 Å². The van der Waals surface area contributed by atoms with Gasteiger partial charge in [0.05, 0.1) is 12.8 Å². The molecule has 2 aromatic carbocycles. The molecule has 0 aliphatic rings. The standard InChI is InChI=1S/C22H28N2O3/c1-16(25)24(19-12-8-6-10-17(19)22(2,3)4)15-14-21(26)23-18-11-7-9-13-20(18)27-5/h6-13H,14-15H2,1-5H3,(H,23,26). The second-order valence-electron chi connectivity index (χ2n) is 7.44. The van der Waals surface area contributed by atoms with Crippen LogP contribution in [0.25, 0.3) is 0 Å². The van der Waals surface area contributed by atoms with Crippen LogP contribution in [0.3, 0.4) is 0 Å². The number of carbonyl (C=O) groups excluding carboxylic acids is 2. The van der Waals surface area contributed by atoms with E-state index in [1.54, 1.807) is 24.1 Å². The molecule has 27 heavy (non-hydrogen) atoms. The number of ether oxygens (including phenoxy) is 1. The van der Waals surface area contributed by atoms with E-state index in [1.165, 1.54) is 6.92 Å². The average Bonchev–Trinajstić information content (AvgIpc) is 2.61. The second kappa shape index (κ2) is 8.71. The lowest BCUT2D eigenvalue weighted by Crippen LogP contribution is -2.34. The van der Waals surface area contributed by atoms with Gasteiger partial charge in [0.25, 0.3) is 0 Å². The molecule has 2 amide bonds. The van der Waals surface area contributed by atoms with Crippen LogP contribution in [0.5, 0.6) is 5.75 Å². The third-order valence-electron chi connectivity index (χ3n) is 4.33. The number of hydrogen-bond acceptors (Lipinski definition) is 3. The molecule has 0 saturated heterocycles. The smallest absolute Gasteiger partial charge is 0.226 e. The summed E-state index contributed by atoms with van der Waals surface area (Å²) in [5.74, 6) is 0.350. The van der Waals surface area contributed by atoms with Gasteiger partial charge in [-0.05, 0) is 29.2 Å². The molecule has 144 valence electrons. The number of methoxy groups -OCH3 is 1. The fourth-order valence-corrected chi connectivity index (χ4v) is 2.96. The second-order valence-corrected chi connectivity index (χ2v) is 7.44. The minimum Gasteiger partial charge on any atom is -0.495 e. The quantitative estimate of drug-likeness (QED) is 0.823. The fraction of sp³-hybridized carbons (Fsp3) is 0.364. The molecule has 2 aromatic rings. The Morgan fingerprint density at radius 1 is 1.04 bits per heavy atom. The van der Waals surface area contributed by atoms with Crippen LogP contribution in [0.1, 0.15) is 39.7 Å². The first kappa shape index (κ1) is 20.5. The molecule has 0 aromatic heterocycles. The van der Waals surface area contributed by atoms with Crippen LogP contribution in [0.15, 0.2) is 48.5 Å². The maximum atomic E-state index is 12.4. The van der Waals surface area contributed by atoms with E-state index in [1.807, 2.05) is 36.4 Å². The van der Waals surface area contributed by atoms with E-state index in [0.717, 1.165) is 11.3 Å². The van der Waals surface area contributed by atoms with Crippen molar-refractivity contribution in [2.45, 2.75) is 39.5 Å². The zero-order chi connectivity index (χ0) is 20.0. The van der Waals surface area contributed by atoms with Crippen LogP contribution < -0.4 is 15.0 Å². The van der Waals surface area contributed by atoms with Crippen LogP contribution in [-0.4, -0.2) is 25.5 Å². The van der Waals surface area contributed by atoms with E-state index in [-0.39, 0.29) is 23.7 Å². The van der Waals surface area contributed by atoms with Gasteiger partial charge in [-0.3, -0.25) is 9.59 Å². The molecule has 0 radical (unpaired) electrons. The number of benzene rings is 2. The molecule has 5 heteroatoms. The molecule has 5 nitrogen and oxygen atoms in total. The Morgan fingerprint density at radius 3 is 2.30 bits per heavy atom. The topological polar surface area (TPSA) is 58.6 Å². The highest BCUT2D eigenvalue weighted by Gasteiger charge is 2.23. The van der Waals surface area contributed by atoms with Crippen molar-refractivity contribution in [2.24, 2.45) is 0 Å². The van der Waals surface area contributed by atoms with Gasteiger partial charge in [0, 0.05) is 25.6 Å². The summed E-state index contributed by atoms with van der Waals surface area (Å²) >= 11 is 0. The molecule has 0 saturated carbocycles. The van der Waals surface area contributed by atoms with Gasteiger partial charge >= 0.3 is 0 Å². The summed E-state index contributed by atoms with van der Waals surface area (Å²) < 4.78 is 5.25. The molecule has 0 fully saturated rings. The van der Waals surface area contributed by atoms with E-state index >= 15 is 0 Å². The Kier molecular flexibility index (Phi) is 6.61. The van der Waals surface area contributed by atoms with Crippen LogP contribution in [0.4, 0.5) is 11.4 Å². The lowest BCUT2D eigenvalue weighted by atomic mass is 9.85. The first-order chi connectivity index (χ1) is 12.7. The third-order valence-corrected chi connectivity index (χ3v) is 4.33. The summed E-state index contributed by atoms with van der Waals surface area (Å²) in [5.41, 5.74) is 2.44. The number of hydrogen-bond donors (Lipinski definition) is 1. The van der Waals surface area contributed by atoms with Crippen molar-refractivity contribution in [3.05, 3.63) is 54.1 Å². The predicted molar refractivity (Wildman–Crippen MR) is 109 cm³/mol. The zero-order valence-corrected chi connectivity index (χ0v) is 16.7. The summed E-state index contributed by atoms with van der Waals surface area (Å²) in [4.78, 5) is 26.4. The Labute approximate surface area is 161 Å². The van der Waals surface area contributed by atoms with Gasteiger partial charge in [-0.2, -0.15) is 0 Å². The summed E-state index contributed by atoms with van der Waals surface area (Å²) in [7, 11) is 1.56. The average molecular weight is 368 g/mol. The molecule has 0 spiro atoms. The summed E-state index contributed by atoms with van der Waals surface area (Å²) in [6.45, 7) is 8.16. The molecule has 0 aliphatic carbocycles. The molecular formula is C22H28N2O3. The summed E-state index contributed by atoms with van der Waals surface area (Å²) in [6, 6.07) is 15.1. The van der Waals surface area contributed by atoms with E-state index in [9.17, 15) is 9.59 Å². The first-order valence-electron chi connectivity index (χ1n) is 9.04.